The van der Waals surface area contributed by atoms with Crippen LogP contribution >= 0.6 is 0 Å². The van der Waals surface area contributed by atoms with E-state index in [0.29, 0.717) is 23.6 Å². The molecule has 5 rings (SSSR count). The first-order valence-corrected chi connectivity index (χ1v) is 10.3. The van der Waals surface area contributed by atoms with Crippen molar-refractivity contribution in [3.63, 3.8) is 0 Å². The fourth-order valence-corrected chi connectivity index (χ4v) is 4.09. The number of fused-ring (bicyclic) bond motifs is 2. The zero-order chi connectivity index (χ0) is 22.2. The van der Waals surface area contributed by atoms with Gasteiger partial charge < -0.3 is 9.64 Å². The molecular weight excluding hydrogens is 414 g/mol. The molecule has 1 amide bonds. The van der Waals surface area contributed by atoms with Gasteiger partial charge in [0.15, 0.2) is 5.65 Å². The van der Waals surface area contributed by atoms with E-state index in [0.717, 1.165) is 28.6 Å². The van der Waals surface area contributed by atoms with Crippen molar-refractivity contribution in [3.05, 3.63) is 77.6 Å². The van der Waals surface area contributed by atoms with Crippen molar-refractivity contribution in [1.29, 1.82) is 0 Å². The molecule has 0 bridgehead atoms. The van der Waals surface area contributed by atoms with Crippen LogP contribution in [0.4, 0.5) is 14.5 Å². The van der Waals surface area contributed by atoms with Crippen molar-refractivity contribution in [2.24, 2.45) is 0 Å². The topological polar surface area (TPSA) is 59.7 Å². The molecular formula is C24H20F2N4O2. The summed E-state index contributed by atoms with van der Waals surface area (Å²) in [5.41, 5.74) is 2.88. The smallest absolute Gasteiger partial charge is 0.280 e. The molecule has 6 nitrogen and oxygen atoms in total. The van der Waals surface area contributed by atoms with E-state index >= 15 is 0 Å². The van der Waals surface area contributed by atoms with Crippen LogP contribution < -0.4 is 9.64 Å². The third-order valence-corrected chi connectivity index (χ3v) is 5.69. The number of carbonyl (C=O) groups is 1. The number of rotatable bonds is 4. The molecule has 0 N–H and O–H groups in total. The van der Waals surface area contributed by atoms with Crippen molar-refractivity contribution in [2.75, 3.05) is 18.6 Å². The molecule has 162 valence electrons. The Morgan fingerprint density at radius 1 is 1.12 bits per heavy atom. The largest absolute Gasteiger partial charge is 0.497 e. The highest BCUT2D eigenvalue weighted by Gasteiger charge is 2.28. The second-order valence-corrected chi connectivity index (χ2v) is 7.58. The lowest BCUT2D eigenvalue weighted by molar-refractivity contribution is 0.0986. The summed E-state index contributed by atoms with van der Waals surface area (Å²) in [5.74, 6) is 0.347. The molecule has 3 heterocycles. The average Bonchev–Trinajstić information content (AvgIpc) is 3.26. The third-order valence-electron chi connectivity index (χ3n) is 5.69. The Bertz CT molecular complexity index is 1300. The number of methoxy groups -OCH3 is 1. The standard InChI is InChI=1S/C24H20F2N4O2/c1-32-17-10-8-15(9-11-17)19-13-21(22(25)26)30-23(28-19)18(14-27-30)24(31)29-12-4-6-16-5-2-3-7-20(16)29/h2-3,5,7-11,13-14,22H,4,6,12H2,1H3. The molecule has 0 aliphatic carbocycles. The first kappa shape index (κ1) is 20.1. The molecule has 4 aromatic rings. The van der Waals surface area contributed by atoms with Gasteiger partial charge in [0, 0.05) is 17.8 Å². The monoisotopic (exact) mass is 434 g/mol. The zero-order valence-electron chi connectivity index (χ0n) is 17.3. The molecule has 32 heavy (non-hydrogen) atoms. The number of aryl methyl sites for hydroxylation is 1. The van der Waals surface area contributed by atoms with Crippen molar-refractivity contribution in [1.82, 2.24) is 14.6 Å². The molecule has 8 heteroatoms. The number of halogens is 2. The van der Waals surface area contributed by atoms with Crippen LogP contribution in [0.5, 0.6) is 5.75 Å². The Hall–Kier alpha value is -3.81. The number of aromatic nitrogens is 3. The summed E-state index contributed by atoms with van der Waals surface area (Å²) in [5, 5.41) is 4.08. The van der Waals surface area contributed by atoms with Gasteiger partial charge in [-0.25, -0.2) is 18.3 Å². The van der Waals surface area contributed by atoms with Crippen LogP contribution in [0.3, 0.4) is 0 Å². The summed E-state index contributed by atoms with van der Waals surface area (Å²) in [6.45, 7) is 0.549. The van der Waals surface area contributed by atoms with Crippen LogP contribution in [0.1, 0.15) is 34.5 Å². The first-order valence-electron chi connectivity index (χ1n) is 10.3. The van der Waals surface area contributed by atoms with Gasteiger partial charge in [-0.3, -0.25) is 4.79 Å². The molecule has 0 radical (unpaired) electrons. The van der Waals surface area contributed by atoms with E-state index in [-0.39, 0.29) is 22.8 Å². The Kier molecular flexibility index (Phi) is 5.05. The molecule has 0 saturated carbocycles. The summed E-state index contributed by atoms with van der Waals surface area (Å²) >= 11 is 0. The zero-order valence-corrected chi connectivity index (χ0v) is 17.3. The molecule has 0 fully saturated rings. The Morgan fingerprint density at radius 2 is 1.91 bits per heavy atom. The van der Waals surface area contributed by atoms with E-state index in [2.05, 4.69) is 10.1 Å². The molecule has 2 aromatic heterocycles. The number of hydrogen-bond acceptors (Lipinski definition) is 4. The summed E-state index contributed by atoms with van der Waals surface area (Å²) in [6, 6.07) is 16.0. The van der Waals surface area contributed by atoms with E-state index in [1.165, 1.54) is 12.3 Å². The number of alkyl halides is 2. The van der Waals surface area contributed by atoms with Gasteiger partial charge in [0.2, 0.25) is 0 Å². The third kappa shape index (κ3) is 3.37. The van der Waals surface area contributed by atoms with Crippen LogP contribution in [-0.4, -0.2) is 34.2 Å². The number of para-hydroxylation sites is 1. The highest BCUT2D eigenvalue weighted by atomic mass is 19.3. The lowest BCUT2D eigenvalue weighted by Crippen LogP contribution is -2.35. The molecule has 0 atom stereocenters. The summed E-state index contributed by atoms with van der Waals surface area (Å²) in [6.07, 6.45) is 0.265. The number of benzene rings is 2. The molecule has 2 aromatic carbocycles. The normalized spacial score (nSPS) is 13.4. The molecule has 1 aliphatic rings. The van der Waals surface area contributed by atoms with Gasteiger partial charge in [0.1, 0.15) is 17.0 Å². The molecule has 0 saturated heterocycles. The minimum atomic E-state index is -2.78. The lowest BCUT2D eigenvalue weighted by atomic mass is 10.0. The van der Waals surface area contributed by atoms with Crippen LogP contribution in [0.15, 0.2) is 60.8 Å². The summed E-state index contributed by atoms with van der Waals surface area (Å²) < 4.78 is 34.0. The number of amides is 1. The van der Waals surface area contributed by atoms with E-state index < -0.39 is 6.43 Å². The van der Waals surface area contributed by atoms with Crippen molar-refractivity contribution >= 4 is 17.2 Å². The Labute approximate surface area is 183 Å². The minimum Gasteiger partial charge on any atom is -0.497 e. The maximum atomic E-state index is 13.9. The van der Waals surface area contributed by atoms with Crippen LogP contribution in [0.25, 0.3) is 16.9 Å². The van der Waals surface area contributed by atoms with Gasteiger partial charge >= 0.3 is 0 Å². The highest BCUT2D eigenvalue weighted by Crippen LogP contribution is 2.31. The lowest BCUT2D eigenvalue weighted by Gasteiger charge is -2.29. The predicted octanol–water partition coefficient (Wildman–Crippen LogP) is 4.94. The first-order chi connectivity index (χ1) is 15.6. The van der Waals surface area contributed by atoms with Gasteiger partial charge in [-0.2, -0.15) is 5.10 Å². The number of anilines is 1. The van der Waals surface area contributed by atoms with Gasteiger partial charge in [-0.05, 0) is 54.8 Å². The number of carbonyl (C=O) groups excluding carboxylic acids is 1. The minimum absolute atomic E-state index is 0.113. The van der Waals surface area contributed by atoms with Crippen LogP contribution in [-0.2, 0) is 6.42 Å². The van der Waals surface area contributed by atoms with E-state index in [1.54, 1.807) is 36.3 Å². The number of hydrogen-bond donors (Lipinski definition) is 0. The van der Waals surface area contributed by atoms with Gasteiger partial charge in [0.25, 0.3) is 12.3 Å². The average molecular weight is 434 g/mol. The SMILES string of the molecule is COc1ccc(-c2cc(C(F)F)n3ncc(C(=O)N4CCCc5ccccc54)c3n2)cc1. The second-order valence-electron chi connectivity index (χ2n) is 7.58. The Morgan fingerprint density at radius 3 is 2.66 bits per heavy atom. The van der Waals surface area contributed by atoms with E-state index in [9.17, 15) is 13.6 Å². The predicted molar refractivity (Wildman–Crippen MR) is 116 cm³/mol. The Balaban J connectivity index is 1.63. The van der Waals surface area contributed by atoms with Crippen molar-refractivity contribution < 1.29 is 18.3 Å². The van der Waals surface area contributed by atoms with Gasteiger partial charge in [-0.15, -0.1) is 0 Å². The van der Waals surface area contributed by atoms with Crippen molar-refractivity contribution in [2.45, 2.75) is 19.3 Å². The van der Waals surface area contributed by atoms with Crippen molar-refractivity contribution in [3.8, 4) is 17.0 Å². The maximum absolute atomic E-state index is 13.9. The van der Waals surface area contributed by atoms with E-state index in [4.69, 9.17) is 4.74 Å². The van der Waals surface area contributed by atoms with Crippen LogP contribution in [0.2, 0.25) is 0 Å². The molecule has 1 aliphatic heterocycles. The maximum Gasteiger partial charge on any atom is 0.280 e. The fraction of sp³-hybridized carbons (Fsp3) is 0.208. The van der Waals surface area contributed by atoms with Gasteiger partial charge in [0.05, 0.1) is 19.0 Å². The summed E-state index contributed by atoms with van der Waals surface area (Å²) in [4.78, 5) is 19.7. The quantitative estimate of drug-likeness (QED) is 0.457. The van der Waals surface area contributed by atoms with Gasteiger partial charge in [-0.1, -0.05) is 18.2 Å². The number of nitrogens with zero attached hydrogens (tertiary/aromatic N) is 4. The second kappa shape index (κ2) is 8.03. The van der Waals surface area contributed by atoms with E-state index in [1.807, 2.05) is 24.3 Å². The number of ether oxygens (including phenoxy) is 1. The summed E-state index contributed by atoms with van der Waals surface area (Å²) in [7, 11) is 1.55. The fourth-order valence-electron chi connectivity index (χ4n) is 4.09. The highest BCUT2D eigenvalue weighted by molar-refractivity contribution is 6.10. The van der Waals surface area contributed by atoms with Crippen LogP contribution in [0, 0.1) is 0 Å². The molecule has 0 spiro atoms. The molecule has 0 unspecified atom stereocenters.